The average Bonchev–Trinajstić information content (AvgIpc) is 3.73. The number of carbonyl (C=O) groups is 2. The van der Waals surface area contributed by atoms with E-state index < -0.39 is 17.5 Å². The Morgan fingerprint density at radius 1 is 1.02 bits per heavy atom. The van der Waals surface area contributed by atoms with Crippen molar-refractivity contribution in [1.82, 2.24) is 14.7 Å². The van der Waals surface area contributed by atoms with E-state index in [0.717, 1.165) is 29.7 Å². The third-order valence-electron chi connectivity index (χ3n) is 11.5. The summed E-state index contributed by atoms with van der Waals surface area (Å²) in [6.45, 7) is 4.06. The lowest BCUT2D eigenvalue weighted by atomic mass is 9.85. The Morgan fingerprint density at radius 3 is 2.40 bits per heavy atom. The Kier molecular flexibility index (Phi) is 11.6. The van der Waals surface area contributed by atoms with Crippen molar-refractivity contribution in [3.05, 3.63) is 59.4 Å². The van der Waals surface area contributed by atoms with Gasteiger partial charge in [-0.2, -0.15) is 0 Å². The first-order chi connectivity index (χ1) is 24.2. The lowest BCUT2D eigenvalue weighted by Crippen LogP contribution is -2.50. The van der Waals surface area contributed by atoms with Crippen LogP contribution in [0.15, 0.2) is 42.5 Å². The largest absolute Gasteiger partial charge is 0.497 e. The van der Waals surface area contributed by atoms with Crippen molar-refractivity contribution < 1.29 is 37.7 Å². The number of anilines is 1. The van der Waals surface area contributed by atoms with E-state index in [9.17, 15) is 19.1 Å². The highest BCUT2D eigenvalue weighted by atomic mass is 19.1. The first-order valence-electron chi connectivity index (χ1n) is 18.0. The second-order valence-corrected chi connectivity index (χ2v) is 14.4. The standard InChI is InChI=1S/C38H52F2N4O6/c1-41(16-17-45)36(46)27-10-14-42(15-11-27)35-20-29(39)6-9-32(35)33-22-43(21-28(33)24-48-2)37(47)38(40)25-44(30-12-18-50-19-13-30)23-34(38)26-4-7-31(49-3)8-5-26/h4-9,20,27-28,30,33-34,45H,10-19,21-25H2,1-3H3/t28-,33+,34?,38+/m1/s1. The van der Waals surface area contributed by atoms with Gasteiger partial charge in [-0.1, -0.05) is 18.2 Å². The molecule has 274 valence electrons. The van der Waals surface area contributed by atoms with Crippen molar-refractivity contribution in [2.24, 2.45) is 11.8 Å². The molecule has 10 nitrogen and oxygen atoms in total. The molecule has 0 aliphatic carbocycles. The minimum atomic E-state index is -2.14. The SMILES string of the molecule is COC[C@H]1CN(C(=O)[C@]2(F)CN(C3CCOCC3)CC2c2ccc(OC)cc2)C[C@@H]1c1ccc(F)cc1N1CCC(C(=O)N(C)CCO)CC1. The summed E-state index contributed by atoms with van der Waals surface area (Å²) in [6, 6.07) is 12.3. The quantitative estimate of drug-likeness (QED) is 0.380. The van der Waals surface area contributed by atoms with Gasteiger partial charge in [-0.25, -0.2) is 8.78 Å². The molecule has 12 heteroatoms. The van der Waals surface area contributed by atoms with Crippen LogP contribution in [-0.4, -0.2) is 137 Å². The van der Waals surface area contributed by atoms with Crippen LogP contribution >= 0.6 is 0 Å². The molecule has 4 saturated heterocycles. The number of methoxy groups -OCH3 is 2. The maximum Gasteiger partial charge on any atom is 0.262 e. The monoisotopic (exact) mass is 698 g/mol. The zero-order valence-electron chi connectivity index (χ0n) is 29.6. The lowest BCUT2D eigenvalue weighted by Gasteiger charge is -2.36. The molecule has 4 heterocycles. The minimum absolute atomic E-state index is 0.0127. The van der Waals surface area contributed by atoms with Crippen molar-refractivity contribution in [1.29, 1.82) is 0 Å². The number of aliphatic hydroxyl groups excluding tert-OH is 1. The van der Waals surface area contributed by atoms with Crippen molar-refractivity contribution in [2.75, 3.05) is 98.4 Å². The van der Waals surface area contributed by atoms with Gasteiger partial charge in [0.2, 0.25) is 11.6 Å². The van der Waals surface area contributed by atoms with Crippen molar-refractivity contribution in [3.63, 3.8) is 0 Å². The summed E-state index contributed by atoms with van der Waals surface area (Å²) in [6.07, 6.45) is 2.84. The van der Waals surface area contributed by atoms with Gasteiger partial charge in [0.25, 0.3) is 5.91 Å². The Morgan fingerprint density at radius 2 is 1.74 bits per heavy atom. The number of likely N-dealkylation sites (tertiary alicyclic amines) is 2. The second kappa shape index (κ2) is 15.9. The Bertz CT molecular complexity index is 1470. The summed E-state index contributed by atoms with van der Waals surface area (Å²) >= 11 is 0. The fraction of sp³-hybridized carbons (Fsp3) is 0.632. The zero-order valence-corrected chi connectivity index (χ0v) is 29.6. The van der Waals surface area contributed by atoms with Crippen LogP contribution in [0.3, 0.4) is 0 Å². The molecule has 2 amide bonds. The number of hydrogen-bond acceptors (Lipinski definition) is 8. The van der Waals surface area contributed by atoms with Crippen LogP contribution in [0, 0.1) is 17.7 Å². The van der Waals surface area contributed by atoms with Crippen LogP contribution in [0.1, 0.15) is 48.6 Å². The van der Waals surface area contributed by atoms with Crippen LogP contribution in [0.2, 0.25) is 0 Å². The molecule has 0 bridgehead atoms. The summed E-state index contributed by atoms with van der Waals surface area (Å²) in [5, 5.41) is 9.27. The van der Waals surface area contributed by atoms with Crippen LogP contribution in [0.4, 0.5) is 14.5 Å². The highest BCUT2D eigenvalue weighted by molar-refractivity contribution is 5.88. The maximum atomic E-state index is 17.7. The van der Waals surface area contributed by atoms with E-state index in [0.29, 0.717) is 77.7 Å². The highest BCUT2D eigenvalue weighted by Gasteiger charge is 2.57. The number of carbonyl (C=O) groups excluding carboxylic acids is 2. The minimum Gasteiger partial charge on any atom is -0.497 e. The summed E-state index contributed by atoms with van der Waals surface area (Å²) in [5.74, 6) is -1.30. The zero-order chi connectivity index (χ0) is 35.4. The molecule has 50 heavy (non-hydrogen) atoms. The van der Waals surface area contributed by atoms with E-state index in [2.05, 4.69) is 9.80 Å². The highest BCUT2D eigenvalue weighted by Crippen LogP contribution is 2.46. The summed E-state index contributed by atoms with van der Waals surface area (Å²) < 4.78 is 49.2. The molecule has 1 unspecified atom stereocenters. The molecule has 0 spiro atoms. The maximum absolute atomic E-state index is 17.7. The number of halogens is 2. The van der Waals surface area contributed by atoms with E-state index in [1.54, 1.807) is 43.2 Å². The van der Waals surface area contributed by atoms with E-state index in [4.69, 9.17) is 14.2 Å². The fourth-order valence-electron chi connectivity index (χ4n) is 8.68. The van der Waals surface area contributed by atoms with Gasteiger partial charge in [-0.3, -0.25) is 14.5 Å². The number of rotatable bonds is 11. The van der Waals surface area contributed by atoms with Gasteiger partial charge < -0.3 is 34.0 Å². The molecular weight excluding hydrogens is 646 g/mol. The normalized spacial score (nSPS) is 26.8. The number of likely N-dealkylation sites (N-methyl/N-ethyl adjacent to an activating group) is 1. The third-order valence-corrected chi connectivity index (χ3v) is 11.5. The van der Waals surface area contributed by atoms with Crippen molar-refractivity contribution in [3.8, 4) is 5.75 Å². The first kappa shape index (κ1) is 36.5. The molecule has 0 radical (unpaired) electrons. The van der Waals surface area contributed by atoms with Gasteiger partial charge in [0, 0.05) is 109 Å². The number of benzene rings is 2. The number of ether oxygens (including phenoxy) is 3. The molecule has 2 aromatic rings. The summed E-state index contributed by atoms with van der Waals surface area (Å²) in [7, 11) is 4.92. The third kappa shape index (κ3) is 7.49. The van der Waals surface area contributed by atoms with E-state index in [1.807, 2.05) is 24.3 Å². The van der Waals surface area contributed by atoms with E-state index in [1.165, 1.54) is 6.07 Å². The predicted octanol–water partition coefficient (Wildman–Crippen LogP) is 3.68. The molecule has 0 saturated carbocycles. The molecule has 2 aromatic carbocycles. The molecular formula is C38H52F2N4O6. The lowest BCUT2D eigenvalue weighted by molar-refractivity contribution is -0.143. The first-order valence-corrected chi connectivity index (χ1v) is 18.0. The Balaban J connectivity index is 1.24. The Hall–Kier alpha value is -3.32. The predicted molar refractivity (Wildman–Crippen MR) is 186 cm³/mol. The van der Waals surface area contributed by atoms with Gasteiger partial charge in [-0.05, 0) is 61.1 Å². The fourth-order valence-corrected chi connectivity index (χ4v) is 8.68. The van der Waals surface area contributed by atoms with Crippen LogP contribution < -0.4 is 9.64 Å². The van der Waals surface area contributed by atoms with Gasteiger partial charge in [0.05, 0.1) is 20.3 Å². The molecule has 4 atom stereocenters. The number of aliphatic hydroxyl groups is 1. The average molecular weight is 699 g/mol. The van der Waals surface area contributed by atoms with Gasteiger partial charge in [0.1, 0.15) is 11.6 Å². The Labute approximate surface area is 294 Å². The van der Waals surface area contributed by atoms with Crippen LogP contribution in [0.25, 0.3) is 0 Å². The smallest absolute Gasteiger partial charge is 0.262 e. The number of amides is 2. The molecule has 1 N–H and O–H groups in total. The number of hydrogen-bond donors (Lipinski definition) is 1. The number of piperidine rings is 1. The van der Waals surface area contributed by atoms with Crippen LogP contribution in [0.5, 0.6) is 5.75 Å². The van der Waals surface area contributed by atoms with Gasteiger partial charge in [0.15, 0.2) is 0 Å². The van der Waals surface area contributed by atoms with Crippen molar-refractivity contribution in [2.45, 2.75) is 49.2 Å². The van der Waals surface area contributed by atoms with Gasteiger partial charge in [-0.15, -0.1) is 0 Å². The number of nitrogens with zero attached hydrogens (tertiary/aromatic N) is 4. The molecule has 4 aliphatic heterocycles. The van der Waals surface area contributed by atoms with E-state index in [-0.39, 0.29) is 48.7 Å². The molecule has 6 rings (SSSR count). The molecule has 0 aromatic heterocycles. The topological polar surface area (TPSA) is 95.0 Å². The van der Waals surface area contributed by atoms with Gasteiger partial charge >= 0.3 is 0 Å². The summed E-state index contributed by atoms with van der Waals surface area (Å²) in [5.41, 5.74) is 0.284. The molecule has 4 aliphatic rings. The summed E-state index contributed by atoms with van der Waals surface area (Å²) in [4.78, 5) is 35.0. The molecule has 4 fully saturated rings. The van der Waals surface area contributed by atoms with Crippen molar-refractivity contribution >= 4 is 17.5 Å². The van der Waals surface area contributed by atoms with E-state index >= 15 is 4.39 Å². The number of alkyl halides is 1. The van der Waals surface area contributed by atoms with Crippen LogP contribution in [-0.2, 0) is 19.1 Å². The second-order valence-electron chi connectivity index (χ2n) is 14.4.